The van der Waals surface area contributed by atoms with Gasteiger partial charge in [0.15, 0.2) is 5.58 Å². The highest BCUT2D eigenvalue weighted by atomic mass is 16.5. The van der Waals surface area contributed by atoms with Crippen molar-refractivity contribution in [3.63, 3.8) is 0 Å². The van der Waals surface area contributed by atoms with E-state index in [2.05, 4.69) is 19.9 Å². The number of fused-ring (bicyclic) bond motifs is 4. The molecule has 0 saturated carbocycles. The van der Waals surface area contributed by atoms with E-state index >= 15 is 0 Å². The van der Waals surface area contributed by atoms with Crippen LogP contribution >= 0.6 is 0 Å². The second kappa shape index (κ2) is 6.44. The Kier molecular flexibility index (Phi) is 4.18. The number of phenols is 2. The third-order valence-electron chi connectivity index (χ3n) is 5.05. The van der Waals surface area contributed by atoms with Gasteiger partial charge >= 0.3 is 0 Å². The Morgan fingerprint density at radius 3 is 2.75 bits per heavy atom. The number of ether oxygens (including phenoxy) is 1. The summed E-state index contributed by atoms with van der Waals surface area (Å²) in [4.78, 5) is 12.9. The van der Waals surface area contributed by atoms with Crippen molar-refractivity contribution in [3.05, 3.63) is 57.8 Å². The van der Waals surface area contributed by atoms with E-state index in [1.54, 1.807) is 6.07 Å². The topological polar surface area (TPSA) is 79.9 Å². The summed E-state index contributed by atoms with van der Waals surface area (Å²) >= 11 is 0. The molecular weight excluding hydrogens is 356 g/mol. The smallest absolute Gasteiger partial charge is 0.204 e. The molecule has 2 aromatic carbocycles. The van der Waals surface area contributed by atoms with Crippen molar-refractivity contribution in [1.82, 2.24) is 0 Å². The van der Waals surface area contributed by atoms with Gasteiger partial charge in [-0.25, -0.2) is 0 Å². The SMILES string of the molecule is CC(C)=CCCC1(C)C=Cc2c(cc(O)c3c(=O)c4cc(O)ccc4oc23)O1. The molecule has 0 radical (unpaired) electrons. The average molecular weight is 378 g/mol. The summed E-state index contributed by atoms with van der Waals surface area (Å²) in [6.45, 7) is 6.11. The summed E-state index contributed by atoms with van der Waals surface area (Å²) in [7, 11) is 0. The number of rotatable bonds is 3. The molecule has 144 valence electrons. The Morgan fingerprint density at radius 2 is 2.00 bits per heavy atom. The molecule has 3 aromatic rings. The molecule has 1 aromatic heterocycles. The highest BCUT2D eigenvalue weighted by Gasteiger charge is 2.30. The van der Waals surface area contributed by atoms with Gasteiger partial charge in [0.2, 0.25) is 5.43 Å². The molecule has 1 aliphatic heterocycles. The van der Waals surface area contributed by atoms with Crippen LogP contribution in [-0.4, -0.2) is 15.8 Å². The van der Waals surface area contributed by atoms with Crippen LogP contribution in [0.25, 0.3) is 28.0 Å². The van der Waals surface area contributed by atoms with Crippen LogP contribution in [0.15, 0.2) is 51.2 Å². The molecule has 0 saturated heterocycles. The Hall–Kier alpha value is -3.21. The number of hydrogen-bond donors (Lipinski definition) is 2. The largest absolute Gasteiger partial charge is 0.508 e. The Bertz CT molecular complexity index is 1210. The van der Waals surface area contributed by atoms with Crippen molar-refractivity contribution in [2.45, 2.75) is 39.2 Å². The van der Waals surface area contributed by atoms with E-state index < -0.39 is 11.0 Å². The quantitative estimate of drug-likeness (QED) is 0.479. The number of allylic oxidation sites excluding steroid dienone is 2. The number of phenolic OH excluding ortho intramolecular Hbond substituents is 2. The molecule has 1 unspecified atom stereocenters. The average Bonchev–Trinajstić information content (AvgIpc) is 2.61. The fourth-order valence-electron chi connectivity index (χ4n) is 3.56. The minimum absolute atomic E-state index is 0.0352. The minimum atomic E-state index is -0.512. The zero-order valence-electron chi connectivity index (χ0n) is 16.1. The Balaban J connectivity index is 1.87. The molecule has 5 heteroatoms. The summed E-state index contributed by atoms with van der Waals surface area (Å²) in [6, 6.07) is 5.80. The first-order valence-electron chi connectivity index (χ1n) is 9.24. The van der Waals surface area contributed by atoms with Gasteiger partial charge in [0, 0.05) is 6.07 Å². The van der Waals surface area contributed by atoms with Crippen LogP contribution < -0.4 is 10.2 Å². The van der Waals surface area contributed by atoms with Crippen LogP contribution in [0.2, 0.25) is 0 Å². The predicted molar refractivity (Wildman–Crippen MR) is 110 cm³/mol. The van der Waals surface area contributed by atoms with Crippen LogP contribution in [0.1, 0.15) is 39.2 Å². The standard InChI is InChI=1S/C23H22O5/c1-13(2)5-4-9-23(3)10-8-15-19(28-23)12-17(25)20-21(26)16-11-14(24)6-7-18(16)27-22(15)20/h5-8,10-12,24-25H,4,9H2,1-3H3. The molecule has 5 nitrogen and oxygen atoms in total. The maximum Gasteiger partial charge on any atom is 0.204 e. The zero-order valence-corrected chi connectivity index (χ0v) is 16.1. The van der Waals surface area contributed by atoms with Crippen LogP contribution in [-0.2, 0) is 0 Å². The highest BCUT2D eigenvalue weighted by molar-refractivity contribution is 5.99. The third-order valence-corrected chi connectivity index (χ3v) is 5.05. The molecule has 0 amide bonds. The summed E-state index contributed by atoms with van der Waals surface area (Å²) in [5, 5.41) is 20.5. The van der Waals surface area contributed by atoms with Crippen LogP contribution in [0.4, 0.5) is 0 Å². The maximum absolute atomic E-state index is 12.9. The molecule has 2 N–H and O–H groups in total. The summed E-state index contributed by atoms with van der Waals surface area (Å²) in [5.74, 6) is 0.245. The van der Waals surface area contributed by atoms with Gasteiger partial charge in [-0.05, 0) is 64.0 Å². The van der Waals surface area contributed by atoms with Gasteiger partial charge in [-0.1, -0.05) is 11.6 Å². The van der Waals surface area contributed by atoms with Crippen molar-refractivity contribution in [2.24, 2.45) is 0 Å². The minimum Gasteiger partial charge on any atom is -0.508 e. The highest BCUT2D eigenvalue weighted by Crippen LogP contribution is 2.41. The normalized spacial score (nSPS) is 18.1. The van der Waals surface area contributed by atoms with Crippen molar-refractivity contribution in [2.75, 3.05) is 0 Å². The summed E-state index contributed by atoms with van der Waals surface area (Å²) < 4.78 is 12.1. The molecule has 0 fully saturated rings. The van der Waals surface area contributed by atoms with Crippen LogP contribution in [0.3, 0.4) is 0 Å². The van der Waals surface area contributed by atoms with Crippen LogP contribution in [0, 0.1) is 0 Å². The molecule has 2 heterocycles. The first kappa shape index (κ1) is 18.2. The summed E-state index contributed by atoms with van der Waals surface area (Å²) in [6.07, 6.45) is 7.68. The van der Waals surface area contributed by atoms with E-state index in [-0.39, 0.29) is 27.9 Å². The Morgan fingerprint density at radius 1 is 1.21 bits per heavy atom. The second-order valence-electron chi connectivity index (χ2n) is 7.69. The fraction of sp³-hybridized carbons (Fsp3) is 0.261. The first-order chi connectivity index (χ1) is 13.3. The van der Waals surface area contributed by atoms with E-state index in [9.17, 15) is 15.0 Å². The maximum atomic E-state index is 12.9. The molecule has 0 spiro atoms. The van der Waals surface area contributed by atoms with E-state index in [1.165, 1.54) is 23.8 Å². The monoisotopic (exact) mass is 378 g/mol. The molecule has 0 bridgehead atoms. The molecule has 4 rings (SSSR count). The van der Waals surface area contributed by atoms with Crippen molar-refractivity contribution < 1.29 is 19.4 Å². The van der Waals surface area contributed by atoms with Gasteiger partial charge in [-0.3, -0.25) is 4.79 Å². The summed E-state index contributed by atoms with van der Waals surface area (Å²) in [5.41, 5.74) is 1.60. The molecule has 1 aliphatic rings. The lowest BCUT2D eigenvalue weighted by Gasteiger charge is -2.31. The molecule has 1 atom stereocenters. The number of hydrogen-bond acceptors (Lipinski definition) is 5. The first-order valence-corrected chi connectivity index (χ1v) is 9.24. The second-order valence-corrected chi connectivity index (χ2v) is 7.69. The molecule has 28 heavy (non-hydrogen) atoms. The lowest BCUT2D eigenvalue weighted by Crippen LogP contribution is -2.31. The van der Waals surface area contributed by atoms with E-state index in [0.29, 0.717) is 16.9 Å². The van der Waals surface area contributed by atoms with Crippen molar-refractivity contribution in [3.8, 4) is 17.2 Å². The van der Waals surface area contributed by atoms with E-state index in [0.717, 1.165) is 12.8 Å². The zero-order chi connectivity index (χ0) is 20.1. The Labute approximate surface area is 162 Å². The van der Waals surface area contributed by atoms with E-state index in [1.807, 2.05) is 19.1 Å². The number of benzene rings is 2. The van der Waals surface area contributed by atoms with Crippen molar-refractivity contribution in [1.29, 1.82) is 0 Å². The van der Waals surface area contributed by atoms with Gasteiger partial charge < -0.3 is 19.4 Å². The van der Waals surface area contributed by atoms with Crippen LogP contribution in [0.5, 0.6) is 17.2 Å². The lowest BCUT2D eigenvalue weighted by molar-refractivity contribution is 0.128. The van der Waals surface area contributed by atoms with Gasteiger partial charge in [-0.15, -0.1) is 0 Å². The van der Waals surface area contributed by atoms with Gasteiger partial charge in [-0.2, -0.15) is 0 Å². The predicted octanol–water partition coefficient (Wildman–Crippen LogP) is 5.27. The fourth-order valence-corrected chi connectivity index (χ4v) is 3.56. The third kappa shape index (κ3) is 3.03. The van der Waals surface area contributed by atoms with Gasteiger partial charge in [0.1, 0.15) is 33.8 Å². The van der Waals surface area contributed by atoms with Gasteiger partial charge in [0.05, 0.1) is 10.9 Å². The van der Waals surface area contributed by atoms with Crippen molar-refractivity contribution >= 4 is 28.0 Å². The lowest BCUT2D eigenvalue weighted by atomic mass is 9.93. The molecular formula is C23H22O5. The van der Waals surface area contributed by atoms with Gasteiger partial charge in [0.25, 0.3) is 0 Å². The molecule has 0 aliphatic carbocycles. The number of aromatic hydroxyl groups is 2. The van der Waals surface area contributed by atoms with E-state index in [4.69, 9.17) is 9.15 Å².